The zero-order valence-electron chi connectivity index (χ0n) is 13.8. The van der Waals surface area contributed by atoms with Crippen LogP contribution < -0.4 is 4.90 Å². The Morgan fingerprint density at radius 2 is 1.96 bits per heavy atom. The van der Waals surface area contributed by atoms with Crippen molar-refractivity contribution in [3.63, 3.8) is 0 Å². The first-order valence-electron chi connectivity index (χ1n) is 8.73. The molecule has 23 heavy (non-hydrogen) atoms. The topological polar surface area (TPSA) is 49.8 Å². The van der Waals surface area contributed by atoms with Crippen LogP contribution in [0.2, 0.25) is 0 Å². The van der Waals surface area contributed by atoms with Crippen LogP contribution in [0.5, 0.6) is 0 Å². The van der Waals surface area contributed by atoms with Crippen LogP contribution in [-0.2, 0) is 9.53 Å². The number of carbonyl (C=O) groups excluding carboxylic acids is 1. The Bertz CT molecular complexity index is 684. The summed E-state index contributed by atoms with van der Waals surface area (Å²) < 4.78 is 6.51. The summed E-state index contributed by atoms with van der Waals surface area (Å²) in [5.41, 5.74) is 1.53. The van der Waals surface area contributed by atoms with Crippen LogP contribution in [0.15, 0.2) is 24.3 Å². The SMILES string of the molecule is Cc1ccc(N2C(=O)C3C4CC5C(OC2(C(C)C)C53)C4O)cc1. The Morgan fingerprint density at radius 3 is 2.61 bits per heavy atom. The molecule has 1 N–H and O–H groups in total. The van der Waals surface area contributed by atoms with Crippen LogP contribution in [0.1, 0.15) is 25.8 Å². The minimum absolute atomic E-state index is 0.0718. The van der Waals surface area contributed by atoms with Crippen molar-refractivity contribution in [1.82, 2.24) is 0 Å². The Morgan fingerprint density at radius 1 is 1.26 bits per heavy atom. The van der Waals surface area contributed by atoms with E-state index in [1.165, 1.54) is 5.56 Å². The lowest BCUT2D eigenvalue weighted by Crippen LogP contribution is -2.54. The van der Waals surface area contributed by atoms with Gasteiger partial charge in [0.05, 0.1) is 18.1 Å². The van der Waals surface area contributed by atoms with Gasteiger partial charge >= 0.3 is 0 Å². The van der Waals surface area contributed by atoms with Gasteiger partial charge in [-0.2, -0.15) is 0 Å². The van der Waals surface area contributed by atoms with E-state index in [1.54, 1.807) is 0 Å². The van der Waals surface area contributed by atoms with Crippen LogP contribution in [0, 0.1) is 36.5 Å². The number of aryl methyl sites for hydroxylation is 1. The van der Waals surface area contributed by atoms with Crippen LogP contribution in [-0.4, -0.2) is 28.9 Å². The van der Waals surface area contributed by atoms with Gasteiger partial charge in [0.15, 0.2) is 5.72 Å². The lowest BCUT2D eigenvalue weighted by molar-refractivity contribution is -0.136. The highest BCUT2D eigenvalue weighted by molar-refractivity contribution is 6.00. The minimum Gasteiger partial charge on any atom is -0.390 e. The summed E-state index contributed by atoms with van der Waals surface area (Å²) in [6, 6.07) is 8.15. The molecule has 1 aromatic rings. The molecule has 4 heteroatoms. The van der Waals surface area contributed by atoms with Gasteiger partial charge in [0.2, 0.25) is 5.91 Å². The molecule has 2 saturated carbocycles. The average molecular weight is 313 g/mol. The highest BCUT2D eigenvalue weighted by atomic mass is 16.6. The number of nitrogens with zero attached hydrogens (tertiary/aromatic N) is 1. The van der Waals surface area contributed by atoms with Crippen molar-refractivity contribution >= 4 is 11.6 Å². The van der Waals surface area contributed by atoms with E-state index in [1.807, 2.05) is 29.2 Å². The number of rotatable bonds is 2. The summed E-state index contributed by atoms with van der Waals surface area (Å²) in [5, 5.41) is 10.5. The van der Waals surface area contributed by atoms with Crippen molar-refractivity contribution in [2.75, 3.05) is 4.90 Å². The van der Waals surface area contributed by atoms with Crippen molar-refractivity contribution < 1.29 is 14.6 Å². The van der Waals surface area contributed by atoms with Crippen LogP contribution in [0.3, 0.4) is 0 Å². The van der Waals surface area contributed by atoms with Crippen molar-refractivity contribution in [2.24, 2.45) is 29.6 Å². The van der Waals surface area contributed by atoms with E-state index in [0.717, 1.165) is 12.1 Å². The smallest absolute Gasteiger partial charge is 0.233 e. The van der Waals surface area contributed by atoms with Gasteiger partial charge in [0, 0.05) is 17.5 Å². The fourth-order valence-electron chi connectivity index (χ4n) is 6.01. The third-order valence-electron chi connectivity index (χ3n) is 6.83. The van der Waals surface area contributed by atoms with E-state index in [4.69, 9.17) is 4.74 Å². The van der Waals surface area contributed by atoms with Gasteiger partial charge in [-0.1, -0.05) is 31.5 Å². The maximum absolute atomic E-state index is 13.3. The first kappa shape index (κ1) is 14.0. The quantitative estimate of drug-likeness (QED) is 0.912. The second-order valence-corrected chi connectivity index (χ2v) is 8.10. The largest absolute Gasteiger partial charge is 0.390 e. The van der Waals surface area contributed by atoms with Gasteiger partial charge in [0.1, 0.15) is 0 Å². The first-order valence-corrected chi connectivity index (χ1v) is 8.73. The molecular formula is C19H23NO3. The van der Waals surface area contributed by atoms with Gasteiger partial charge in [-0.3, -0.25) is 9.69 Å². The maximum Gasteiger partial charge on any atom is 0.233 e. The van der Waals surface area contributed by atoms with E-state index in [2.05, 4.69) is 20.8 Å². The van der Waals surface area contributed by atoms with E-state index < -0.39 is 11.8 Å². The summed E-state index contributed by atoms with van der Waals surface area (Å²) in [5.74, 6) is 0.920. The monoisotopic (exact) mass is 313 g/mol. The molecule has 1 aromatic carbocycles. The highest BCUT2D eigenvalue weighted by Gasteiger charge is 2.79. The highest BCUT2D eigenvalue weighted by Crippen LogP contribution is 2.69. The number of aliphatic hydroxyl groups excluding tert-OH is 1. The molecule has 4 nitrogen and oxygen atoms in total. The lowest BCUT2D eigenvalue weighted by atomic mass is 9.74. The number of hydrogen-bond donors (Lipinski definition) is 1. The van der Waals surface area contributed by atoms with E-state index in [9.17, 15) is 9.90 Å². The van der Waals surface area contributed by atoms with Crippen molar-refractivity contribution in [2.45, 2.75) is 45.1 Å². The molecule has 7 atom stereocenters. The third-order valence-corrected chi connectivity index (χ3v) is 6.83. The predicted molar refractivity (Wildman–Crippen MR) is 85.7 cm³/mol. The number of ether oxygens (including phenoxy) is 1. The molecule has 2 aliphatic carbocycles. The minimum atomic E-state index is -0.585. The standard InChI is InChI=1S/C19H23NO3/c1-9(2)19-15-13-8-12(16(21)17(13)23-19)14(15)18(22)20(19)11-6-4-10(3)5-7-11/h4-7,9,12-17,21H,8H2,1-3H3. The number of amides is 1. The fraction of sp³-hybridized carbons (Fsp3) is 0.632. The summed E-state index contributed by atoms with van der Waals surface area (Å²) >= 11 is 0. The molecule has 122 valence electrons. The van der Waals surface area contributed by atoms with Crippen LogP contribution in [0.25, 0.3) is 0 Å². The van der Waals surface area contributed by atoms with Crippen LogP contribution in [0.4, 0.5) is 5.69 Å². The molecule has 2 bridgehead atoms. The summed E-state index contributed by atoms with van der Waals surface area (Å²) in [7, 11) is 0. The van der Waals surface area contributed by atoms with Crippen LogP contribution >= 0.6 is 0 Å². The predicted octanol–water partition coefficient (Wildman–Crippen LogP) is 2.34. The third kappa shape index (κ3) is 1.39. The van der Waals surface area contributed by atoms with Crippen molar-refractivity contribution in [3.8, 4) is 0 Å². The maximum atomic E-state index is 13.3. The average Bonchev–Trinajstić information content (AvgIpc) is 3.17. The number of anilines is 1. The van der Waals surface area contributed by atoms with Gasteiger partial charge < -0.3 is 9.84 Å². The Kier molecular flexibility index (Phi) is 2.54. The Balaban J connectivity index is 1.69. The zero-order valence-corrected chi connectivity index (χ0v) is 13.8. The molecule has 4 fully saturated rings. The van der Waals surface area contributed by atoms with Crippen molar-refractivity contribution in [1.29, 1.82) is 0 Å². The Hall–Kier alpha value is -1.39. The van der Waals surface area contributed by atoms with Gasteiger partial charge in [-0.25, -0.2) is 0 Å². The Labute approximate surface area is 136 Å². The summed E-state index contributed by atoms with van der Waals surface area (Å²) in [4.78, 5) is 15.2. The zero-order chi connectivity index (χ0) is 16.1. The van der Waals surface area contributed by atoms with Gasteiger partial charge in [-0.15, -0.1) is 0 Å². The number of carbonyl (C=O) groups is 1. The second-order valence-electron chi connectivity index (χ2n) is 8.10. The molecule has 7 unspecified atom stereocenters. The second kappa shape index (κ2) is 4.17. The lowest BCUT2D eigenvalue weighted by Gasteiger charge is -2.42. The van der Waals surface area contributed by atoms with Gasteiger partial charge in [-0.05, 0) is 37.3 Å². The normalized spacial score (nSPS) is 46.5. The van der Waals surface area contributed by atoms with E-state index >= 15 is 0 Å². The molecule has 5 rings (SSSR count). The molecular weight excluding hydrogens is 290 g/mol. The molecule has 2 heterocycles. The van der Waals surface area contributed by atoms with E-state index in [0.29, 0.717) is 5.92 Å². The molecule has 2 saturated heterocycles. The molecule has 4 aliphatic rings. The molecule has 0 aromatic heterocycles. The fourth-order valence-corrected chi connectivity index (χ4v) is 6.01. The molecule has 1 amide bonds. The molecule has 2 aliphatic heterocycles. The van der Waals surface area contributed by atoms with Gasteiger partial charge in [0.25, 0.3) is 0 Å². The number of fused-ring (bicyclic) bond motifs is 2. The molecule has 0 radical (unpaired) electrons. The number of benzene rings is 1. The first-order chi connectivity index (χ1) is 11.0. The summed E-state index contributed by atoms with van der Waals surface area (Å²) in [6.07, 6.45) is 0.388. The molecule has 0 spiro atoms. The number of aliphatic hydroxyl groups is 1. The van der Waals surface area contributed by atoms with E-state index in [-0.39, 0.29) is 35.7 Å². The summed E-state index contributed by atoms with van der Waals surface area (Å²) in [6.45, 7) is 6.33. The number of hydrogen-bond acceptors (Lipinski definition) is 3. The van der Waals surface area contributed by atoms with Crippen molar-refractivity contribution in [3.05, 3.63) is 29.8 Å².